The molecule has 0 aliphatic rings. The molecule has 1 N–H and O–H groups in total. The molecule has 0 unspecified atom stereocenters. The van der Waals surface area contributed by atoms with Crippen LogP contribution in [0.3, 0.4) is 0 Å². The number of carbonyl (C=O) groups is 1. The topological polar surface area (TPSA) is 72.2 Å². The molecule has 0 radical (unpaired) electrons. The molecule has 4 rings (SSSR count). The number of fused-ring (bicyclic) bond motifs is 2. The van der Waals surface area contributed by atoms with Crippen molar-refractivity contribution in [1.82, 2.24) is 19.6 Å². The van der Waals surface area contributed by atoms with Gasteiger partial charge in [-0.3, -0.25) is 4.79 Å². The first-order valence-electron chi connectivity index (χ1n) is 8.03. The van der Waals surface area contributed by atoms with Gasteiger partial charge in [-0.2, -0.15) is 5.10 Å². The fourth-order valence-electron chi connectivity index (χ4n) is 3.01. The predicted molar refractivity (Wildman–Crippen MR) is 96.9 cm³/mol. The van der Waals surface area contributed by atoms with Crippen LogP contribution >= 0.6 is 0 Å². The van der Waals surface area contributed by atoms with Crippen molar-refractivity contribution in [2.45, 2.75) is 20.8 Å². The Morgan fingerprint density at radius 2 is 1.84 bits per heavy atom. The van der Waals surface area contributed by atoms with Gasteiger partial charge in [0.2, 0.25) is 0 Å². The number of aryl methyl sites for hydroxylation is 3. The summed E-state index contributed by atoms with van der Waals surface area (Å²) in [5, 5.41) is 8.33. The Morgan fingerprint density at radius 1 is 1.04 bits per heavy atom. The van der Waals surface area contributed by atoms with E-state index < -0.39 is 0 Å². The number of rotatable bonds is 2. The van der Waals surface area contributed by atoms with E-state index in [0.717, 1.165) is 22.3 Å². The highest BCUT2D eigenvalue weighted by Crippen LogP contribution is 2.19. The van der Waals surface area contributed by atoms with Crippen molar-refractivity contribution in [3.05, 3.63) is 65.1 Å². The van der Waals surface area contributed by atoms with Gasteiger partial charge in [-0.25, -0.2) is 14.5 Å². The molecular formula is C19H17N5O. The highest BCUT2D eigenvalue weighted by molar-refractivity contribution is 6.09. The quantitative estimate of drug-likeness (QED) is 0.610. The first-order chi connectivity index (χ1) is 12.0. The minimum Gasteiger partial charge on any atom is -0.306 e. The van der Waals surface area contributed by atoms with Crippen molar-refractivity contribution in [2.75, 3.05) is 5.32 Å². The van der Waals surface area contributed by atoms with Crippen LogP contribution in [0.25, 0.3) is 16.6 Å². The number of para-hydroxylation sites is 1. The van der Waals surface area contributed by atoms with Gasteiger partial charge in [-0.05, 0) is 45.0 Å². The summed E-state index contributed by atoms with van der Waals surface area (Å²) in [6.07, 6.45) is 0. The second-order valence-electron chi connectivity index (χ2n) is 6.08. The summed E-state index contributed by atoms with van der Waals surface area (Å²) < 4.78 is 1.70. The van der Waals surface area contributed by atoms with Crippen molar-refractivity contribution < 1.29 is 4.79 Å². The molecule has 0 aliphatic carbocycles. The predicted octanol–water partition coefficient (Wildman–Crippen LogP) is 3.46. The molecule has 25 heavy (non-hydrogen) atoms. The molecule has 0 aliphatic heterocycles. The minimum atomic E-state index is -0.257. The first kappa shape index (κ1) is 15.3. The van der Waals surface area contributed by atoms with E-state index in [0.29, 0.717) is 22.7 Å². The molecule has 0 atom stereocenters. The molecule has 124 valence electrons. The van der Waals surface area contributed by atoms with E-state index in [1.165, 1.54) is 0 Å². The number of hydrogen-bond donors (Lipinski definition) is 1. The Morgan fingerprint density at radius 3 is 2.68 bits per heavy atom. The van der Waals surface area contributed by atoms with Gasteiger partial charge >= 0.3 is 0 Å². The highest BCUT2D eigenvalue weighted by Gasteiger charge is 2.20. The van der Waals surface area contributed by atoms with Crippen LogP contribution in [0.2, 0.25) is 0 Å². The van der Waals surface area contributed by atoms with Crippen LogP contribution in [0.4, 0.5) is 5.82 Å². The average Bonchev–Trinajstić information content (AvgIpc) is 2.91. The summed E-state index contributed by atoms with van der Waals surface area (Å²) >= 11 is 0. The monoisotopic (exact) mass is 331 g/mol. The maximum absolute atomic E-state index is 12.8. The fraction of sp³-hybridized carbons (Fsp3) is 0.158. The van der Waals surface area contributed by atoms with E-state index in [1.54, 1.807) is 10.6 Å². The number of pyridine rings is 1. The molecule has 0 spiro atoms. The second kappa shape index (κ2) is 5.66. The number of amides is 1. The summed E-state index contributed by atoms with van der Waals surface area (Å²) in [5.41, 5.74) is 4.30. The number of anilines is 1. The van der Waals surface area contributed by atoms with Crippen LogP contribution in [0.5, 0.6) is 0 Å². The second-order valence-corrected chi connectivity index (χ2v) is 6.08. The molecule has 1 amide bonds. The van der Waals surface area contributed by atoms with Gasteiger partial charge in [0.25, 0.3) is 5.91 Å². The Labute approximate surface area is 144 Å². The lowest BCUT2D eigenvalue weighted by atomic mass is 10.2. The molecule has 0 bridgehead atoms. The van der Waals surface area contributed by atoms with Crippen LogP contribution in [0.15, 0.2) is 42.5 Å². The van der Waals surface area contributed by atoms with Crippen LogP contribution in [0.1, 0.15) is 27.4 Å². The van der Waals surface area contributed by atoms with Gasteiger partial charge in [0, 0.05) is 16.8 Å². The molecule has 3 heterocycles. The minimum absolute atomic E-state index is 0.257. The number of nitrogens with zero attached hydrogens (tertiary/aromatic N) is 4. The van der Waals surface area contributed by atoms with Crippen LogP contribution in [-0.2, 0) is 0 Å². The molecule has 0 saturated heterocycles. The Hall–Kier alpha value is -3.28. The standard InChI is InChI=1S/C19H17N5O/c1-11-10-12(2)24-18(20-11)17(13(3)23-24)19(25)22-16-9-8-14-6-4-5-7-15(14)21-16/h4-10H,1-3H3,(H,21,22,25). The van der Waals surface area contributed by atoms with E-state index in [4.69, 9.17) is 0 Å². The van der Waals surface area contributed by atoms with Crippen molar-refractivity contribution in [3.63, 3.8) is 0 Å². The molecule has 0 fully saturated rings. The smallest absolute Gasteiger partial charge is 0.262 e. The van der Waals surface area contributed by atoms with Crippen molar-refractivity contribution in [2.24, 2.45) is 0 Å². The van der Waals surface area contributed by atoms with Crippen LogP contribution < -0.4 is 5.32 Å². The lowest BCUT2D eigenvalue weighted by molar-refractivity contribution is 0.102. The molecule has 6 nitrogen and oxygen atoms in total. The zero-order valence-corrected chi connectivity index (χ0v) is 14.2. The van der Waals surface area contributed by atoms with E-state index in [1.807, 2.05) is 57.2 Å². The van der Waals surface area contributed by atoms with Crippen molar-refractivity contribution >= 4 is 28.3 Å². The number of aromatic nitrogens is 4. The number of benzene rings is 1. The van der Waals surface area contributed by atoms with Crippen molar-refractivity contribution in [1.29, 1.82) is 0 Å². The molecule has 3 aromatic heterocycles. The first-order valence-corrected chi connectivity index (χ1v) is 8.03. The maximum atomic E-state index is 12.8. The molecule has 0 saturated carbocycles. The maximum Gasteiger partial charge on any atom is 0.262 e. The number of carbonyl (C=O) groups excluding carboxylic acids is 1. The molecular weight excluding hydrogens is 314 g/mol. The SMILES string of the molecule is Cc1cc(C)n2nc(C)c(C(=O)Nc3ccc4ccccc4n3)c2n1. The van der Waals surface area contributed by atoms with Gasteiger partial charge in [0.15, 0.2) is 5.65 Å². The molecule has 6 heteroatoms. The fourth-order valence-corrected chi connectivity index (χ4v) is 3.01. The van der Waals surface area contributed by atoms with E-state index in [-0.39, 0.29) is 5.91 Å². The van der Waals surface area contributed by atoms with Gasteiger partial charge in [-0.1, -0.05) is 18.2 Å². The largest absolute Gasteiger partial charge is 0.306 e. The lowest BCUT2D eigenvalue weighted by Gasteiger charge is -2.06. The Kier molecular flexibility index (Phi) is 3.46. The summed E-state index contributed by atoms with van der Waals surface area (Å²) in [5.74, 6) is 0.250. The zero-order valence-electron chi connectivity index (χ0n) is 14.2. The Balaban J connectivity index is 1.75. The van der Waals surface area contributed by atoms with Crippen molar-refractivity contribution in [3.8, 4) is 0 Å². The third kappa shape index (κ3) is 2.61. The third-order valence-electron chi connectivity index (χ3n) is 4.14. The van der Waals surface area contributed by atoms with Gasteiger partial charge < -0.3 is 5.32 Å². The molecule has 4 aromatic rings. The third-order valence-corrected chi connectivity index (χ3v) is 4.14. The zero-order chi connectivity index (χ0) is 17.6. The lowest BCUT2D eigenvalue weighted by Crippen LogP contribution is -2.14. The van der Waals surface area contributed by atoms with E-state index >= 15 is 0 Å². The van der Waals surface area contributed by atoms with Crippen LogP contribution in [-0.4, -0.2) is 25.5 Å². The van der Waals surface area contributed by atoms with E-state index in [2.05, 4.69) is 20.4 Å². The number of hydrogen-bond acceptors (Lipinski definition) is 4. The average molecular weight is 331 g/mol. The number of nitrogens with one attached hydrogen (secondary N) is 1. The normalized spacial score (nSPS) is 11.2. The summed E-state index contributed by atoms with van der Waals surface area (Å²) in [6, 6.07) is 13.5. The highest BCUT2D eigenvalue weighted by atomic mass is 16.1. The van der Waals surface area contributed by atoms with E-state index in [9.17, 15) is 4.79 Å². The van der Waals surface area contributed by atoms with Gasteiger partial charge in [0.1, 0.15) is 11.4 Å². The van der Waals surface area contributed by atoms with Crippen LogP contribution in [0, 0.1) is 20.8 Å². The van der Waals surface area contributed by atoms with Gasteiger partial charge in [-0.15, -0.1) is 0 Å². The summed E-state index contributed by atoms with van der Waals surface area (Å²) in [7, 11) is 0. The van der Waals surface area contributed by atoms with Gasteiger partial charge in [0.05, 0.1) is 11.2 Å². The Bertz CT molecular complexity index is 1130. The summed E-state index contributed by atoms with van der Waals surface area (Å²) in [6.45, 7) is 5.66. The summed E-state index contributed by atoms with van der Waals surface area (Å²) in [4.78, 5) is 21.8. The molecule has 1 aromatic carbocycles.